The van der Waals surface area contributed by atoms with E-state index in [1.165, 1.54) is 5.56 Å². The van der Waals surface area contributed by atoms with E-state index in [4.69, 9.17) is 16.3 Å². The second-order valence-corrected chi connectivity index (χ2v) is 10.3. The Balaban J connectivity index is 1.47. The minimum absolute atomic E-state index is 0.0261. The first-order valence-corrected chi connectivity index (χ1v) is 13.1. The van der Waals surface area contributed by atoms with Gasteiger partial charge >= 0.3 is 5.97 Å². The molecule has 6 nitrogen and oxygen atoms in total. The van der Waals surface area contributed by atoms with Crippen LogP contribution in [0, 0.1) is 5.92 Å². The van der Waals surface area contributed by atoms with Crippen molar-refractivity contribution in [1.82, 2.24) is 14.8 Å². The van der Waals surface area contributed by atoms with Gasteiger partial charge in [-0.3, -0.25) is 9.69 Å². The zero-order valence-electron chi connectivity index (χ0n) is 18.6. The number of amides is 1. The number of pyridine rings is 1. The molecule has 5 rings (SSSR count). The number of esters is 1. The Hall–Kier alpha value is -2.09. The molecule has 174 valence electrons. The van der Waals surface area contributed by atoms with E-state index in [2.05, 4.69) is 34.1 Å². The van der Waals surface area contributed by atoms with Gasteiger partial charge in [0.2, 0.25) is 5.91 Å². The van der Waals surface area contributed by atoms with Crippen molar-refractivity contribution in [3.8, 4) is 0 Å². The number of halogens is 1. The van der Waals surface area contributed by atoms with Gasteiger partial charge in [0.25, 0.3) is 0 Å². The molecule has 1 aromatic heterocycles. The van der Waals surface area contributed by atoms with Gasteiger partial charge in [0, 0.05) is 36.5 Å². The monoisotopic (exact) mass is 485 g/mol. The number of aromatic nitrogens is 1. The lowest BCUT2D eigenvalue weighted by Crippen LogP contribution is -2.49. The molecule has 3 aliphatic rings. The van der Waals surface area contributed by atoms with Crippen LogP contribution in [0.2, 0.25) is 5.15 Å². The van der Waals surface area contributed by atoms with Crippen molar-refractivity contribution in [1.29, 1.82) is 0 Å². The van der Waals surface area contributed by atoms with Crippen LogP contribution in [-0.4, -0.2) is 63.0 Å². The van der Waals surface area contributed by atoms with E-state index in [0.717, 1.165) is 24.9 Å². The summed E-state index contributed by atoms with van der Waals surface area (Å²) in [5.74, 6) is 0.685. The third kappa shape index (κ3) is 4.27. The normalized spacial score (nSPS) is 28.9. The molecule has 2 bridgehead atoms. The highest BCUT2D eigenvalue weighted by atomic mass is 35.5. The first-order chi connectivity index (χ1) is 16.1. The first-order valence-electron chi connectivity index (χ1n) is 11.5. The van der Waals surface area contributed by atoms with Gasteiger partial charge in [0.05, 0.1) is 18.4 Å². The van der Waals surface area contributed by atoms with E-state index in [1.54, 1.807) is 29.7 Å². The summed E-state index contributed by atoms with van der Waals surface area (Å²) >= 11 is 7.68. The zero-order valence-corrected chi connectivity index (χ0v) is 20.2. The number of rotatable bonds is 6. The van der Waals surface area contributed by atoms with Crippen molar-refractivity contribution >= 4 is 35.2 Å². The first kappa shape index (κ1) is 22.7. The van der Waals surface area contributed by atoms with Crippen LogP contribution in [0.4, 0.5) is 0 Å². The van der Waals surface area contributed by atoms with E-state index in [9.17, 15) is 9.59 Å². The molecule has 3 saturated heterocycles. The maximum atomic E-state index is 14.0. The number of hydrogen-bond acceptors (Lipinski definition) is 6. The van der Waals surface area contributed by atoms with Crippen LogP contribution in [0.1, 0.15) is 36.8 Å². The number of thioether (sulfide) groups is 1. The largest absolute Gasteiger partial charge is 0.464 e. The molecule has 3 aliphatic heterocycles. The molecule has 0 N–H and O–H groups in total. The Morgan fingerprint density at radius 3 is 2.67 bits per heavy atom. The summed E-state index contributed by atoms with van der Waals surface area (Å²) in [5.41, 5.74) is 2.29. The molecule has 1 aromatic carbocycles. The Morgan fingerprint density at radius 2 is 1.94 bits per heavy atom. The summed E-state index contributed by atoms with van der Waals surface area (Å²) in [5, 5.41) is 0.448. The standard InChI is InChI=1S/C25H28ClN3O3S/c1-2-32-25(31)20-14-33-15-29(20)24(30)23-19-10-9-18(22(23)17-8-11-21(26)27-12-17)28(19)13-16-6-4-3-5-7-16/h3-8,11-12,18-20,22-23H,2,9-10,13-15H2,1H3/t18-,19+,20?,22-,23-/m1/s1. The maximum Gasteiger partial charge on any atom is 0.329 e. The molecule has 5 atom stereocenters. The third-order valence-corrected chi connectivity index (χ3v) is 8.41. The molecule has 33 heavy (non-hydrogen) atoms. The average Bonchev–Trinajstić information content (AvgIpc) is 3.54. The van der Waals surface area contributed by atoms with Crippen LogP contribution >= 0.6 is 23.4 Å². The van der Waals surface area contributed by atoms with Crippen molar-refractivity contribution in [2.24, 2.45) is 5.92 Å². The minimum Gasteiger partial charge on any atom is -0.464 e. The molecule has 2 aromatic rings. The SMILES string of the molecule is CCOC(=O)C1CSCN1C(=O)[C@H]1[C@H](c2ccc(Cl)nc2)[C@H]2CC[C@@H]1N2Cc1ccccc1. The summed E-state index contributed by atoms with van der Waals surface area (Å²) in [7, 11) is 0. The molecular formula is C25H28ClN3O3S. The maximum absolute atomic E-state index is 14.0. The zero-order chi connectivity index (χ0) is 22.9. The summed E-state index contributed by atoms with van der Waals surface area (Å²) in [4.78, 5) is 35.2. The number of fused-ring (bicyclic) bond motifs is 2. The lowest BCUT2D eigenvalue weighted by atomic mass is 9.75. The van der Waals surface area contributed by atoms with Crippen molar-refractivity contribution in [2.45, 2.75) is 50.4 Å². The van der Waals surface area contributed by atoms with Crippen LogP contribution in [0.25, 0.3) is 0 Å². The van der Waals surface area contributed by atoms with Gasteiger partial charge in [-0.25, -0.2) is 9.78 Å². The Morgan fingerprint density at radius 1 is 1.15 bits per heavy atom. The Bertz CT molecular complexity index is 1010. The van der Waals surface area contributed by atoms with Crippen LogP contribution in [-0.2, 0) is 20.9 Å². The molecule has 4 heterocycles. The van der Waals surface area contributed by atoms with Gasteiger partial charge in [-0.15, -0.1) is 11.8 Å². The molecular weight excluding hydrogens is 458 g/mol. The highest BCUT2D eigenvalue weighted by molar-refractivity contribution is 7.99. The Labute approximate surface area is 203 Å². The molecule has 8 heteroatoms. The number of hydrogen-bond donors (Lipinski definition) is 0. The smallest absolute Gasteiger partial charge is 0.329 e. The fourth-order valence-electron chi connectivity index (χ4n) is 5.82. The van der Waals surface area contributed by atoms with Gasteiger partial charge in [-0.1, -0.05) is 48.0 Å². The van der Waals surface area contributed by atoms with Crippen molar-refractivity contribution in [2.75, 3.05) is 18.2 Å². The molecule has 0 aliphatic carbocycles. The fraction of sp³-hybridized carbons (Fsp3) is 0.480. The number of carbonyl (C=O) groups excluding carboxylic acids is 2. The lowest BCUT2D eigenvalue weighted by molar-refractivity contribution is -0.154. The van der Waals surface area contributed by atoms with E-state index in [0.29, 0.717) is 23.4 Å². The number of nitrogens with zero attached hydrogens (tertiary/aromatic N) is 3. The molecule has 0 radical (unpaired) electrons. The summed E-state index contributed by atoms with van der Waals surface area (Å²) in [6.45, 7) is 2.93. The van der Waals surface area contributed by atoms with E-state index >= 15 is 0 Å². The third-order valence-electron chi connectivity index (χ3n) is 7.18. The number of ether oxygens (including phenoxy) is 1. The summed E-state index contributed by atoms with van der Waals surface area (Å²) < 4.78 is 5.27. The van der Waals surface area contributed by atoms with E-state index in [1.807, 2.05) is 18.3 Å². The van der Waals surface area contributed by atoms with Crippen molar-refractivity contribution in [3.05, 3.63) is 64.9 Å². The summed E-state index contributed by atoms with van der Waals surface area (Å²) in [6.07, 6.45) is 3.84. The highest BCUT2D eigenvalue weighted by Gasteiger charge is 2.58. The number of benzene rings is 1. The van der Waals surface area contributed by atoms with Gasteiger partial charge < -0.3 is 9.64 Å². The van der Waals surface area contributed by atoms with Crippen LogP contribution in [0.5, 0.6) is 0 Å². The van der Waals surface area contributed by atoms with Crippen molar-refractivity contribution < 1.29 is 14.3 Å². The number of carbonyl (C=O) groups is 2. The molecule has 0 spiro atoms. The second kappa shape index (κ2) is 9.65. The topological polar surface area (TPSA) is 62.7 Å². The van der Waals surface area contributed by atoms with Crippen LogP contribution in [0.3, 0.4) is 0 Å². The quantitative estimate of drug-likeness (QED) is 0.456. The van der Waals surface area contributed by atoms with Crippen LogP contribution < -0.4 is 0 Å². The van der Waals surface area contributed by atoms with Gasteiger partial charge in [0.15, 0.2) is 0 Å². The minimum atomic E-state index is -0.506. The van der Waals surface area contributed by atoms with Crippen molar-refractivity contribution in [3.63, 3.8) is 0 Å². The predicted molar refractivity (Wildman–Crippen MR) is 129 cm³/mol. The highest BCUT2D eigenvalue weighted by Crippen LogP contribution is 2.52. The van der Waals surface area contributed by atoms with Gasteiger partial charge in [-0.2, -0.15) is 0 Å². The molecule has 1 unspecified atom stereocenters. The molecule has 0 saturated carbocycles. The second-order valence-electron chi connectivity index (χ2n) is 8.91. The molecule has 1 amide bonds. The van der Waals surface area contributed by atoms with E-state index in [-0.39, 0.29) is 35.8 Å². The Kier molecular flexibility index (Phi) is 6.63. The van der Waals surface area contributed by atoms with Gasteiger partial charge in [-0.05, 0) is 37.0 Å². The van der Waals surface area contributed by atoms with E-state index < -0.39 is 6.04 Å². The van der Waals surface area contributed by atoms with Gasteiger partial charge in [0.1, 0.15) is 11.2 Å². The summed E-state index contributed by atoms with van der Waals surface area (Å²) in [6, 6.07) is 14.1. The fourth-order valence-corrected chi connectivity index (χ4v) is 7.08. The lowest BCUT2D eigenvalue weighted by Gasteiger charge is -2.33. The average molecular weight is 486 g/mol. The molecule has 3 fully saturated rings. The van der Waals surface area contributed by atoms with Crippen LogP contribution in [0.15, 0.2) is 48.7 Å². The predicted octanol–water partition coefficient (Wildman–Crippen LogP) is 3.95.